The molecule has 7 nitrogen and oxygen atoms in total. The first-order chi connectivity index (χ1) is 6.77. The highest BCUT2D eigenvalue weighted by molar-refractivity contribution is 7.89. The molecule has 0 aromatic carbocycles. The summed E-state index contributed by atoms with van der Waals surface area (Å²) in [5.41, 5.74) is 0. The van der Waals surface area contributed by atoms with E-state index >= 15 is 0 Å². The molecule has 0 saturated carbocycles. The molecule has 0 aliphatic carbocycles. The lowest BCUT2D eigenvalue weighted by molar-refractivity contribution is 0.273. The summed E-state index contributed by atoms with van der Waals surface area (Å²) < 4.78 is 47.1. The molecular weight excluding hydrogens is 242 g/mol. The van der Waals surface area contributed by atoms with Crippen molar-refractivity contribution >= 4 is 20.2 Å². The summed E-state index contributed by atoms with van der Waals surface area (Å²) in [7, 11) is -6.91. The van der Waals surface area contributed by atoms with E-state index in [-0.39, 0.29) is 31.9 Å². The van der Waals surface area contributed by atoms with E-state index in [4.69, 9.17) is 5.14 Å². The minimum atomic E-state index is -3.69. The molecule has 1 fully saturated rings. The zero-order chi connectivity index (χ0) is 11.7. The molecule has 1 aliphatic rings. The lowest BCUT2D eigenvalue weighted by Gasteiger charge is -2.31. The average Bonchev–Trinajstić information content (AvgIpc) is 2.17. The Hall–Kier alpha value is -0.220. The van der Waals surface area contributed by atoms with Crippen molar-refractivity contribution in [2.75, 3.05) is 31.9 Å². The second-order valence-electron chi connectivity index (χ2n) is 3.24. The minimum Gasteiger partial charge on any atom is -0.216 e. The fraction of sp³-hybridized carbons (Fsp3) is 1.00. The smallest absolute Gasteiger partial charge is 0.216 e. The Morgan fingerprint density at radius 2 is 1.40 bits per heavy atom. The summed E-state index contributed by atoms with van der Waals surface area (Å²) in [6.07, 6.45) is 0. The van der Waals surface area contributed by atoms with E-state index in [9.17, 15) is 16.8 Å². The zero-order valence-electron chi connectivity index (χ0n) is 8.46. The summed E-state index contributed by atoms with van der Waals surface area (Å²) in [4.78, 5) is 0. The monoisotopic (exact) mass is 257 g/mol. The van der Waals surface area contributed by atoms with Gasteiger partial charge in [-0.1, -0.05) is 0 Å². The predicted molar refractivity (Wildman–Crippen MR) is 55.7 cm³/mol. The molecule has 9 heteroatoms. The Bertz CT molecular complexity index is 408. The van der Waals surface area contributed by atoms with Crippen molar-refractivity contribution in [1.82, 2.24) is 8.61 Å². The van der Waals surface area contributed by atoms with Gasteiger partial charge in [-0.05, 0) is 6.92 Å². The van der Waals surface area contributed by atoms with Crippen LogP contribution in [0.1, 0.15) is 6.92 Å². The Kier molecular flexibility index (Phi) is 3.71. The van der Waals surface area contributed by atoms with Gasteiger partial charge in [0.1, 0.15) is 0 Å². The van der Waals surface area contributed by atoms with Crippen LogP contribution < -0.4 is 5.14 Å². The fourth-order valence-electron chi connectivity index (χ4n) is 1.38. The first kappa shape index (κ1) is 12.8. The summed E-state index contributed by atoms with van der Waals surface area (Å²) >= 11 is 0. The van der Waals surface area contributed by atoms with Crippen molar-refractivity contribution in [2.24, 2.45) is 5.14 Å². The molecule has 0 aromatic heterocycles. The number of rotatable bonds is 3. The van der Waals surface area contributed by atoms with Gasteiger partial charge in [-0.25, -0.2) is 13.6 Å². The number of hydrogen-bond acceptors (Lipinski definition) is 4. The van der Waals surface area contributed by atoms with Crippen molar-refractivity contribution in [1.29, 1.82) is 0 Å². The van der Waals surface area contributed by atoms with E-state index in [2.05, 4.69) is 0 Å². The molecular formula is C6H15N3O4S2. The van der Waals surface area contributed by atoms with Gasteiger partial charge in [-0.15, -0.1) is 0 Å². The van der Waals surface area contributed by atoms with Gasteiger partial charge >= 0.3 is 0 Å². The van der Waals surface area contributed by atoms with Crippen LogP contribution in [-0.4, -0.2) is 57.4 Å². The van der Waals surface area contributed by atoms with Crippen LogP contribution in [0.5, 0.6) is 0 Å². The molecule has 90 valence electrons. The van der Waals surface area contributed by atoms with Crippen molar-refractivity contribution < 1.29 is 16.8 Å². The van der Waals surface area contributed by atoms with Gasteiger partial charge in [0.2, 0.25) is 10.0 Å². The van der Waals surface area contributed by atoms with Gasteiger partial charge in [0, 0.05) is 26.2 Å². The largest absolute Gasteiger partial charge is 0.276 e. The van der Waals surface area contributed by atoms with Crippen molar-refractivity contribution in [2.45, 2.75) is 6.92 Å². The third-order valence-electron chi connectivity index (χ3n) is 2.32. The van der Waals surface area contributed by atoms with Crippen LogP contribution in [-0.2, 0) is 20.2 Å². The van der Waals surface area contributed by atoms with Gasteiger partial charge in [0.25, 0.3) is 10.2 Å². The van der Waals surface area contributed by atoms with Crippen LogP contribution in [0.4, 0.5) is 0 Å². The lowest BCUT2D eigenvalue weighted by Crippen LogP contribution is -2.52. The molecule has 0 amide bonds. The van der Waals surface area contributed by atoms with Crippen LogP contribution in [0.3, 0.4) is 0 Å². The number of piperazine rings is 1. The van der Waals surface area contributed by atoms with Crippen LogP contribution in [0.2, 0.25) is 0 Å². The van der Waals surface area contributed by atoms with E-state index in [1.54, 1.807) is 6.92 Å². The Labute approximate surface area is 90.1 Å². The van der Waals surface area contributed by atoms with E-state index in [1.807, 2.05) is 0 Å². The number of sulfonamides is 1. The number of hydrogen-bond donors (Lipinski definition) is 1. The van der Waals surface area contributed by atoms with Crippen molar-refractivity contribution in [3.63, 3.8) is 0 Å². The quantitative estimate of drug-likeness (QED) is 0.641. The highest BCUT2D eigenvalue weighted by Crippen LogP contribution is 2.09. The van der Waals surface area contributed by atoms with Crippen molar-refractivity contribution in [3.8, 4) is 0 Å². The fourth-order valence-corrected chi connectivity index (χ4v) is 3.14. The van der Waals surface area contributed by atoms with Crippen LogP contribution in [0.15, 0.2) is 0 Å². The van der Waals surface area contributed by atoms with Crippen LogP contribution in [0.25, 0.3) is 0 Å². The normalized spacial score (nSPS) is 21.7. The van der Waals surface area contributed by atoms with Gasteiger partial charge in [-0.3, -0.25) is 0 Å². The molecule has 1 heterocycles. The van der Waals surface area contributed by atoms with Crippen LogP contribution >= 0.6 is 0 Å². The third kappa shape index (κ3) is 3.11. The molecule has 0 aromatic rings. The second-order valence-corrected chi connectivity index (χ2v) is 7.05. The molecule has 0 atom stereocenters. The van der Waals surface area contributed by atoms with E-state index in [0.717, 1.165) is 4.31 Å². The standard InChI is InChI=1S/C6H15N3O4S2/c1-2-14(10,11)8-3-5-9(6-4-8)15(7,12)13/h2-6H2,1H3,(H2,7,12,13). The summed E-state index contributed by atoms with van der Waals surface area (Å²) in [5, 5.41) is 4.93. The maximum Gasteiger partial charge on any atom is 0.276 e. The molecule has 2 N–H and O–H groups in total. The second kappa shape index (κ2) is 4.34. The summed E-state index contributed by atoms with van der Waals surface area (Å²) in [5.74, 6) is 0.0301. The van der Waals surface area contributed by atoms with Gasteiger partial charge in [-0.2, -0.15) is 17.0 Å². The van der Waals surface area contributed by atoms with Gasteiger partial charge in [0.15, 0.2) is 0 Å². The topological polar surface area (TPSA) is 101 Å². The van der Waals surface area contributed by atoms with Gasteiger partial charge in [0.05, 0.1) is 5.75 Å². The summed E-state index contributed by atoms with van der Waals surface area (Å²) in [6.45, 7) is 2.15. The SMILES string of the molecule is CCS(=O)(=O)N1CCN(S(N)(=O)=O)CC1. The Morgan fingerprint density at radius 3 is 1.73 bits per heavy atom. The molecule has 1 aliphatic heterocycles. The molecule has 15 heavy (non-hydrogen) atoms. The average molecular weight is 257 g/mol. The van der Waals surface area contributed by atoms with E-state index in [1.165, 1.54) is 4.31 Å². The zero-order valence-corrected chi connectivity index (χ0v) is 10.1. The first-order valence-corrected chi connectivity index (χ1v) is 7.64. The number of nitrogens with zero attached hydrogens (tertiary/aromatic N) is 2. The predicted octanol–water partition coefficient (Wildman–Crippen LogP) is -1.84. The third-order valence-corrected chi connectivity index (χ3v) is 5.28. The molecule has 0 bridgehead atoms. The highest BCUT2D eigenvalue weighted by Gasteiger charge is 2.29. The lowest BCUT2D eigenvalue weighted by atomic mass is 10.4. The Balaban J connectivity index is 2.65. The molecule has 0 spiro atoms. The molecule has 1 rings (SSSR count). The highest BCUT2D eigenvalue weighted by atomic mass is 32.2. The summed E-state index contributed by atoms with van der Waals surface area (Å²) in [6, 6.07) is 0. The molecule has 1 saturated heterocycles. The maximum absolute atomic E-state index is 11.4. The first-order valence-electron chi connectivity index (χ1n) is 4.53. The number of nitrogens with two attached hydrogens (primary N) is 1. The van der Waals surface area contributed by atoms with Gasteiger partial charge < -0.3 is 0 Å². The van der Waals surface area contributed by atoms with E-state index in [0.29, 0.717) is 0 Å². The minimum absolute atomic E-state index is 0.0301. The van der Waals surface area contributed by atoms with Crippen LogP contribution in [0, 0.1) is 0 Å². The van der Waals surface area contributed by atoms with Crippen molar-refractivity contribution in [3.05, 3.63) is 0 Å². The molecule has 0 radical (unpaired) electrons. The van der Waals surface area contributed by atoms with E-state index < -0.39 is 20.2 Å². The maximum atomic E-state index is 11.4. The Morgan fingerprint density at radius 1 is 1.00 bits per heavy atom. The molecule has 0 unspecified atom stereocenters.